The predicted molar refractivity (Wildman–Crippen MR) is 77.4 cm³/mol. The molecule has 1 aromatic heterocycles. The number of hydrogen-bond donors (Lipinski definition) is 0. The Morgan fingerprint density at radius 1 is 1.05 bits per heavy atom. The first kappa shape index (κ1) is 14.6. The molecule has 1 aliphatic heterocycles. The number of carbonyl (C=O) groups excluding carboxylic acids is 2. The number of piperazine rings is 1. The van der Waals surface area contributed by atoms with Crippen LogP contribution < -0.4 is 0 Å². The van der Waals surface area contributed by atoms with Crippen molar-refractivity contribution >= 4 is 11.8 Å². The number of nitrogens with zero attached hydrogens (tertiary/aromatic N) is 3. The van der Waals surface area contributed by atoms with Crippen LogP contribution in [0.4, 0.5) is 0 Å². The van der Waals surface area contributed by atoms with Gasteiger partial charge in [0.05, 0.1) is 5.56 Å². The maximum atomic E-state index is 12.3. The molecule has 0 unspecified atom stereocenters. The highest BCUT2D eigenvalue weighted by Gasteiger charge is 2.31. The number of rotatable bonds is 1. The van der Waals surface area contributed by atoms with E-state index in [1.165, 1.54) is 0 Å². The van der Waals surface area contributed by atoms with Crippen LogP contribution in [0.5, 0.6) is 0 Å². The van der Waals surface area contributed by atoms with Crippen molar-refractivity contribution in [3.05, 3.63) is 24.0 Å². The van der Waals surface area contributed by atoms with Crippen molar-refractivity contribution in [1.29, 1.82) is 0 Å². The number of carbonyl (C=O) groups is 2. The van der Waals surface area contributed by atoms with Crippen LogP contribution in [0.1, 0.15) is 31.1 Å². The minimum Gasteiger partial charge on any atom is -0.356 e. The van der Waals surface area contributed by atoms with Crippen LogP contribution in [0.25, 0.3) is 0 Å². The van der Waals surface area contributed by atoms with Gasteiger partial charge in [-0.2, -0.15) is 0 Å². The lowest BCUT2D eigenvalue weighted by molar-refractivity contribution is -0.140. The Bertz CT molecular complexity index is 505. The zero-order valence-electron chi connectivity index (χ0n) is 12.7. The van der Waals surface area contributed by atoms with Crippen molar-refractivity contribution in [3.8, 4) is 0 Å². The molecule has 20 heavy (non-hydrogen) atoms. The monoisotopic (exact) mass is 277 g/mol. The van der Waals surface area contributed by atoms with Gasteiger partial charge in [0.1, 0.15) is 0 Å². The average Bonchev–Trinajstić information content (AvgIpc) is 2.83. The normalized spacial score (nSPS) is 16.4. The Morgan fingerprint density at radius 3 is 2.05 bits per heavy atom. The zero-order chi connectivity index (χ0) is 14.9. The third kappa shape index (κ3) is 3.03. The summed E-state index contributed by atoms with van der Waals surface area (Å²) in [4.78, 5) is 28.2. The molecular formula is C15H23N3O2. The average molecular weight is 277 g/mol. The van der Waals surface area contributed by atoms with Crippen LogP contribution in [0.3, 0.4) is 0 Å². The first-order chi connectivity index (χ1) is 9.29. The molecule has 5 heteroatoms. The molecule has 0 N–H and O–H groups in total. The summed E-state index contributed by atoms with van der Waals surface area (Å²) < 4.78 is 1.87. The van der Waals surface area contributed by atoms with Crippen LogP contribution in [-0.2, 0) is 11.8 Å². The van der Waals surface area contributed by atoms with Gasteiger partial charge in [0, 0.05) is 51.0 Å². The minimum atomic E-state index is -0.356. The van der Waals surface area contributed by atoms with Crippen LogP contribution >= 0.6 is 0 Å². The Hall–Kier alpha value is -1.78. The third-order valence-corrected chi connectivity index (χ3v) is 3.57. The Morgan fingerprint density at radius 2 is 1.60 bits per heavy atom. The molecule has 1 saturated heterocycles. The first-order valence-corrected chi connectivity index (χ1v) is 6.99. The van der Waals surface area contributed by atoms with Gasteiger partial charge >= 0.3 is 0 Å². The molecule has 1 aliphatic rings. The molecule has 2 amide bonds. The fourth-order valence-electron chi connectivity index (χ4n) is 2.40. The summed E-state index contributed by atoms with van der Waals surface area (Å²) in [5.74, 6) is 0.206. The van der Waals surface area contributed by atoms with Crippen LogP contribution in [-0.4, -0.2) is 52.4 Å². The summed E-state index contributed by atoms with van der Waals surface area (Å²) in [6, 6.07) is 1.83. The van der Waals surface area contributed by atoms with E-state index in [0.29, 0.717) is 31.7 Å². The van der Waals surface area contributed by atoms with E-state index in [2.05, 4.69) is 0 Å². The molecule has 0 saturated carbocycles. The molecule has 0 spiro atoms. The van der Waals surface area contributed by atoms with Crippen molar-refractivity contribution in [2.75, 3.05) is 26.2 Å². The van der Waals surface area contributed by atoms with E-state index in [1.54, 1.807) is 0 Å². The fourth-order valence-corrected chi connectivity index (χ4v) is 2.40. The molecule has 1 aromatic rings. The summed E-state index contributed by atoms with van der Waals surface area (Å²) in [6.45, 7) is 8.24. The third-order valence-electron chi connectivity index (χ3n) is 3.57. The second-order valence-corrected chi connectivity index (χ2v) is 6.40. The summed E-state index contributed by atoms with van der Waals surface area (Å²) in [5, 5.41) is 0. The molecule has 2 heterocycles. The van der Waals surface area contributed by atoms with Gasteiger partial charge in [0.25, 0.3) is 5.91 Å². The molecule has 2 rings (SSSR count). The molecule has 110 valence electrons. The largest absolute Gasteiger partial charge is 0.356 e. The Kier molecular flexibility index (Phi) is 3.88. The van der Waals surface area contributed by atoms with Crippen molar-refractivity contribution < 1.29 is 9.59 Å². The number of amides is 2. The Balaban J connectivity index is 1.95. The number of aromatic nitrogens is 1. The van der Waals surface area contributed by atoms with Gasteiger partial charge in [-0.3, -0.25) is 9.59 Å². The van der Waals surface area contributed by atoms with Gasteiger partial charge in [0.15, 0.2) is 0 Å². The van der Waals surface area contributed by atoms with E-state index in [-0.39, 0.29) is 17.2 Å². The lowest BCUT2D eigenvalue weighted by atomic mass is 9.94. The van der Waals surface area contributed by atoms with Gasteiger partial charge in [-0.05, 0) is 6.07 Å². The minimum absolute atomic E-state index is 0.0495. The number of hydrogen-bond acceptors (Lipinski definition) is 2. The first-order valence-electron chi connectivity index (χ1n) is 6.99. The summed E-state index contributed by atoms with van der Waals surface area (Å²) in [6.07, 6.45) is 3.70. The highest BCUT2D eigenvalue weighted by molar-refractivity contribution is 5.94. The summed E-state index contributed by atoms with van der Waals surface area (Å²) in [5.41, 5.74) is 0.356. The molecule has 5 nitrogen and oxygen atoms in total. The van der Waals surface area contributed by atoms with E-state index >= 15 is 0 Å². The van der Waals surface area contributed by atoms with Gasteiger partial charge in [-0.25, -0.2) is 0 Å². The van der Waals surface area contributed by atoms with Crippen LogP contribution in [0, 0.1) is 5.41 Å². The predicted octanol–water partition coefficient (Wildman–Crippen LogP) is 1.36. The SMILES string of the molecule is Cn1ccc(C(=O)N2CCN(C(=O)C(C)(C)C)CC2)c1. The van der Waals surface area contributed by atoms with E-state index in [0.717, 1.165) is 0 Å². The summed E-state index contributed by atoms with van der Waals surface area (Å²) >= 11 is 0. The molecular weight excluding hydrogens is 254 g/mol. The van der Waals surface area contributed by atoms with E-state index < -0.39 is 0 Å². The number of aryl methyl sites for hydroxylation is 1. The van der Waals surface area contributed by atoms with Gasteiger partial charge in [-0.15, -0.1) is 0 Å². The quantitative estimate of drug-likeness (QED) is 0.778. The smallest absolute Gasteiger partial charge is 0.255 e. The van der Waals surface area contributed by atoms with Crippen molar-refractivity contribution in [1.82, 2.24) is 14.4 Å². The van der Waals surface area contributed by atoms with Crippen molar-refractivity contribution in [3.63, 3.8) is 0 Å². The zero-order valence-corrected chi connectivity index (χ0v) is 12.7. The van der Waals surface area contributed by atoms with Crippen LogP contribution in [0.15, 0.2) is 18.5 Å². The standard InChI is InChI=1S/C15H23N3O2/c1-15(2,3)14(20)18-9-7-17(8-10-18)13(19)12-5-6-16(4)11-12/h5-6,11H,7-10H2,1-4H3. The van der Waals surface area contributed by atoms with E-state index in [1.807, 2.05) is 60.6 Å². The maximum Gasteiger partial charge on any atom is 0.255 e. The highest BCUT2D eigenvalue weighted by atomic mass is 16.2. The lowest BCUT2D eigenvalue weighted by Crippen LogP contribution is -2.53. The molecule has 1 fully saturated rings. The van der Waals surface area contributed by atoms with Crippen molar-refractivity contribution in [2.24, 2.45) is 12.5 Å². The van der Waals surface area contributed by atoms with Gasteiger partial charge in [0.2, 0.25) is 5.91 Å². The second kappa shape index (κ2) is 5.31. The van der Waals surface area contributed by atoms with Gasteiger partial charge < -0.3 is 14.4 Å². The topological polar surface area (TPSA) is 45.6 Å². The molecule has 0 radical (unpaired) electrons. The van der Waals surface area contributed by atoms with E-state index in [9.17, 15) is 9.59 Å². The molecule has 0 aromatic carbocycles. The maximum absolute atomic E-state index is 12.3. The van der Waals surface area contributed by atoms with Crippen molar-refractivity contribution in [2.45, 2.75) is 20.8 Å². The highest BCUT2D eigenvalue weighted by Crippen LogP contribution is 2.19. The molecule has 0 atom stereocenters. The second-order valence-electron chi connectivity index (χ2n) is 6.40. The summed E-state index contributed by atoms with van der Waals surface area (Å²) in [7, 11) is 1.90. The van der Waals surface area contributed by atoms with Gasteiger partial charge in [-0.1, -0.05) is 20.8 Å². The molecule has 0 aliphatic carbocycles. The molecule has 0 bridgehead atoms. The Labute approximate surface area is 120 Å². The van der Waals surface area contributed by atoms with Crippen LogP contribution in [0.2, 0.25) is 0 Å². The fraction of sp³-hybridized carbons (Fsp3) is 0.600. The lowest BCUT2D eigenvalue weighted by Gasteiger charge is -2.37. The van der Waals surface area contributed by atoms with E-state index in [4.69, 9.17) is 0 Å².